The molecule has 0 saturated carbocycles. The van der Waals surface area contributed by atoms with E-state index in [4.69, 9.17) is 5.26 Å². The number of likely N-dealkylation sites (N-methyl/N-ethyl adjacent to an activating group) is 1. The van der Waals surface area contributed by atoms with Gasteiger partial charge in [-0.2, -0.15) is 5.26 Å². The van der Waals surface area contributed by atoms with Crippen molar-refractivity contribution in [2.75, 3.05) is 46.3 Å². The predicted molar refractivity (Wildman–Crippen MR) is 81.9 cm³/mol. The minimum absolute atomic E-state index is 0.00442. The van der Waals surface area contributed by atoms with Crippen molar-refractivity contribution in [1.29, 1.82) is 5.26 Å². The summed E-state index contributed by atoms with van der Waals surface area (Å²) in [4.78, 5) is 30.1. The highest BCUT2D eigenvalue weighted by atomic mass is 16.2. The quantitative estimate of drug-likeness (QED) is 0.742. The fourth-order valence-electron chi connectivity index (χ4n) is 3.14. The van der Waals surface area contributed by atoms with Gasteiger partial charge in [-0.25, -0.2) is 0 Å². The molecule has 1 unspecified atom stereocenters. The number of hydrogen-bond acceptors (Lipinski definition) is 5. The van der Waals surface area contributed by atoms with E-state index in [1.165, 1.54) is 0 Å². The topological polar surface area (TPSA) is 79.7 Å². The fraction of sp³-hybridized carbons (Fsp3) is 0.800. The van der Waals surface area contributed by atoms with E-state index < -0.39 is 5.54 Å². The lowest BCUT2D eigenvalue weighted by Crippen LogP contribution is -2.62. The first-order valence-electron chi connectivity index (χ1n) is 7.78. The summed E-state index contributed by atoms with van der Waals surface area (Å²) >= 11 is 0. The van der Waals surface area contributed by atoms with Crippen molar-refractivity contribution >= 4 is 11.8 Å². The second kappa shape index (κ2) is 6.63. The molecule has 22 heavy (non-hydrogen) atoms. The van der Waals surface area contributed by atoms with Crippen molar-refractivity contribution < 1.29 is 9.59 Å². The normalized spacial score (nSPS) is 25.9. The summed E-state index contributed by atoms with van der Waals surface area (Å²) in [5.74, 6) is 0.0819. The number of hydrogen-bond donors (Lipinski definition) is 1. The van der Waals surface area contributed by atoms with E-state index in [1.807, 2.05) is 20.9 Å². The summed E-state index contributed by atoms with van der Waals surface area (Å²) in [6.45, 7) is 7.63. The van der Waals surface area contributed by atoms with Crippen LogP contribution in [-0.4, -0.2) is 84.4 Å². The molecule has 2 rings (SSSR count). The molecule has 2 saturated heterocycles. The van der Waals surface area contributed by atoms with Crippen LogP contribution < -0.4 is 5.32 Å². The van der Waals surface area contributed by atoms with Gasteiger partial charge in [0.15, 0.2) is 0 Å². The molecule has 0 aromatic heterocycles. The summed E-state index contributed by atoms with van der Waals surface area (Å²) in [5.41, 5.74) is -0.578. The van der Waals surface area contributed by atoms with E-state index in [0.717, 1.165) is 13.1 Å². The number of nitrogens with zero attached hydrogens (tertiary/aromatic N) is 4. The van der Waals surface area contributed by atoms with Crippen LogP contribution in [0.25, 0.3) is 0 Å². The molecular weight excluding hydrogens is 282 g/mol. The zero-order valence-corrected chi connectivity index (χ0v) is 13.6. The largest absolute Gasteiger partial charge is 0.343 e. The van der Waals surface area contributed by atoms with Gasteiger partial charge in [-0.15, -0.1) is 0 Å². The first-order chi connectivity index (χ1) is 10.4. The molecule has 2 aliphatic rings. The monoisotopic (exact) mass is 307 g/mol. The highest BCUT2D eigenvalue weighted by molar-refractivity contribution is 5.86. The zero-order chi connectivity index (χ0) is 16.3. The third-order valence-electron chi connectivity index (χ3n) is 4.67. The van der Waals surface area contributed by atoms with E-state index in [9.17, 15) is 9.59 Å². The number of piperazine rings is 2. The van der Waals surface area contributed by atoms with Crippen molar-refractivity contribution in [3.63, 3.8) is 0 Å². The van der Waals surface area contributed by atoms with Crippen LogP contribution in [-0.2, 0) is 9.59 Å². The Morgan fingerprint density at radius 2 is 2.14 bits per heavy atom. The molecule has 2 fully saturated rings. The molecule has 0 spiro atoms. The molecule has 2 amide bonds. The standard InChI is InChI=1S/C15H25N5O2/c1-15(2)14(22)18(3)8-9-19(15)6-4-13(21)20-7-5-17-11-12(20)10-16/h12,17H,4-9,11H2,1-3H3. The average molecular weight is 307 g/mol. The maximum atomic E-state index is 12.4. The summed E-state index contributed by atoms with van der Waals surface area (Å²) < 4.78 is 0. The Kier molecular flexibility index (Phi) is 5.04. The molecule has 0 bridgehead atoms. The zero-order valence-electron chi connectivity index (χ0n) is 13.6. The number of carbonyl (C=O) groups excluding carboxylic acids is 2. The van der Waals surface area contributed by atoms with E-state index in [2.05, 4.69) is 16.3 Å². The Labute approximate surface area is 131 Å². The molecule has 2 heterocycles. The maximum absolute atomic E-state index is 12.4. The van der Waals surface area contributed by atoms with Gasteiger partial charge in [-0.1, -0.05) is 0 Å². The lowest BCUT2D eigenvalue weighted by molar-refractivity contribution is -0.148. The fourth-order valence-corrected chi connectivity index (χ4v) is 3.14. The SMILES string of the molecule is CN1CCN(CCC(=O)N2CCNCC2C#N)C(C)(C)C1=O. The van der Waals surface area contributed by atoms with Gasteiger partial charge in [-0.05, 0) is 13.8 Å². The van der Waals surface area contributed by atoms with Crippen molar-refractivity contribution in [3.05, 3.63) is 0 Å². The van der Waals surface area contributed by atoms with Crippen LogP contribution in [0.4, 0.5) is 0 Å². The van der Waals surface area contributed by atoms with Crippen molar-refractivity contribution in [3.8, 4) is 6.07 Å². The van der Waals surface area contributed by atoms with Crippen LogP contribution in [0.2, 0.25) is 0 Å². The Hall–Kier alpha value is -1.65. The molecule has 7 nitrogen and oxygen atoms in total. The predicted octanol–water partition coefficient (Wildman–Crippen LogP) is -0.747. The van der Waals surface area contributed by atoms with E-state index in [0.29, 0.717) is 32.6 Å². The Morgan fingerprint density at radius 1 is 1.41 bits per heavy atom. The number of amides is 2. The summed E-state index contributed by atoms with van der Waals surface area (Å²) in [6, 6.07) is 1.78. The molecule has 1 atom stereocenters. The maximum Gasteiger partial charge on any atom is 0.242 e. The van der Waals surface area contributed by atoms with Crippen LogP contribution >= 0.6 is 0 Å². The molecule has 0 radical (unpaired) electrons. The highest BCUT2D eigenvalue weighted by Crippen LogP contribution is 2.22. The van der Waals surface area contributed by atoms with Gasteiger partial charge in [0.05, 0.1) is 11.6 Å². The van der Waals surface area contributed by atoms with Gasteiger partial charge in [0.2, 0.25) is 11.8 Å². The second-order valence-corrected chi connectivity index (χ2v) is 6.46. The summed E-state index contributed by atoms with van der Waals surface area (Å²) in [5, 5.41) is 12.3. The van der Waals surface area contributed by atoms with Crippen LogP contribution in [0.5, 0.6) is 0 Å². The second-order valence-electron chi connectivity index (χ2n) is 6.46. The Balaban J connectivity index is 1.93. The molecule has 0 aromatic carbocycles. The lowest BCUT2D eigenvalue weighted by atomic mass is 9.97. The Bertz CT molecular complexity index is 485. The first-order valence-corrected chi connectivity index (χ1v) is 7.78. The minimum Gasteiger partial charge on any atom is -0.343 e. The van der Waals surface area contributed by atoms with Gasteiger partial charge in [0, 0.05) is 52.7 Å². The molecule has 0 aromatic rings. The molecule has 0 aliphatic carbocycles. The number of nitriles is 1. The van der Waals surface area contributed by atoms with Crippen molar-refractivity contribution in [2.24, 2.45) is 0 Å². The van der Waals surface area contributed by atoms with E-state index in [1.54, 1.807) is 9.80 Å². The van der Waals surface area contributed by atoms with Gasteiger partial charge < -0.3 is 15.1 Å². The molecular formula is C15H25N5O2. The number of nitrogens with one attached hydrogen (secondary N) is 1. The smallest absolute Gasteiger partial charge is 0.242 e. The van der Waals surface area contributed by atoms with Crippen LogP contribution in [0.15, 0.2) is 0 Å². The van der Waals surface area contributed by atoms with Crippen molar-refractivity contribution in [2.45, 2.75) is 31.8 Å². The van der Waals surface area contributed by atoms with Gasteiger partial charge in [-0.3, -0.25) is 14.5 Å². The third kappa shape index (κ3) is 3.23. The molecule has 2 aliphatic heterocycles. The van der Waals surface area contributed by atoms with E-state index in [-0.39, 0.29) is 17.9 Å². The minimum atomic E-state index is -0.578. The lowest BCUT2D eigenvalue weighted by Gasteiger charge is -2.45. The summed E-state index contributed by atoms with van der Waals surface area (Å²) in [7, 11) is 1.81. The number of carbonyl (C=O) groups is 2. The molecule has 1 N–H and O–H groups in total. The molecule has 122 valence electrons. The van der Waals surface area contributed by atoms with E-state index >= 15 is 0 Å². The first kappa shape index (κ1) is 16.7. The van der Waals surface area contributed by atoms with Crippen molar-refractivity contribution in [1.82, 2.24) is 20.0 Å². The van der Waals surface area contributed by atoms with Gasteiger partial charge in [0.1, 0.15) is 6.04 Å². The number of rotatable bonds is 3. The highest BCUT2D eigenvalue weighted by Gasteiger charge is 2.40. The third-order valence-corrected chi connectivity index (χ3v) is 4.67. The van der Waals surface area contributed by atoms with Crippen LogP contribution in [0.3, 0.4) is 0 Å². The van der Waals surface area contributed by atoms with Gasteiger partial charge in [0.25, 0.3) is 0 Å². The van der Waals surface area contributed by atoms with Gasteiger partial charge >= 0.3 is 0 Å². The summed E-state index contributed by atoms with van der Waals surface area (Å²) in [6.07, 6.45) is 0.346. The Morgan fingerprint density at radius 3 is 2.82 bits per heavy atom. The average Bonchev–Trinajstić information content (AvgIpc) is 2.51. The molecule has 7 heteroatoms. The van der Waals surface area contributed by atoms with Crippen LogP contribution in [0, 0.1) is 11.3 Å². The van der Waals surface area contributed by atoms with Crippen LogP contribution in [0.1, 0.15) is 20.3 Å².